The summed E-state index contributed by atoms with van der Waals surface area (Å²) in [5, 5.41) is 7.50. The third kappa shape index (κ3) is 4.14. The van der Waals surface area contributed by atoms with Gasteiger partial charge in [0.15, 0.2) is 11.6 Å². The fraction of sp³-hybridized carbons (Fsp3) is 0.300. The fourth-order valence-electron chi connectivity index (χ4n) is 6.42. The van der Waals surface area contributed by atoms with Gasteiger partial charge in [0.1, 0.15) is 6.33 Å². The molecule has 2 aliphatic heterocycles. The lowest BCUT2D eigenvalue weighted by Crippen LogP contribution is -2.45. The minimum atomic E-state index is 0.259. The van der Waals surface area contributed by atoms with E-state index < -0.39 is 0 Å². The predicted molar refractivity (Wildman–Crippen MR) is 153 cm³/mol. The SMILES string of the molecule is CC1C(N)=C1/C(=N\c1[nH]ncc1-c1ccc(-c2ccccc2)nc1)C1CC2CCC(C1)N2c1ncncc1N. The van der Waals surface area contributed by atoms with Crippen LogP contribution in [0, 0.1) is 11.8 Å². The molecule has 2 saturated heterocycles. The first kappa shape index (κ1) is 23.6. The minimum Gasteiger partial charge on any atom is -0.401 e. The number of aliphatic imine (C=N–C) groups is 1. The summed E-state index contributed by atoms with van der Waals surface area (Å²) in [4.78, 5) is 21.0. The molecule has 9 nitrogen and oxygen atoms in total. The van der Waals surface area contributed by atoms with Gasteiger partial charge in [0.25, 0.3) is 0 Å². The van der Waals surface area contributed by atoms with Gasteiger partial charge >= 0.3 is 0 Å². The lowest BCUT2D eigenvalue weighted by molar-refractivity contribution is 0.409. The van der Waals surface area contributed by atoms with Crippen LogP contribution >= 0.6 is 0 Å². The molecule has 5 N–H and O–H groups in total. The van der Waals surface area contributed by atoms with Crippen molar-refractivity contribution < 1.29 is 0 Å². The first-order chi connectivity index (χ1) is 19.1. The number of piperidine rings is 1. The number of aromatic nitrogens is 5. The Morgan fingerprint density at radius 2 is 1.72 bits per heavy atom. The van der Waals surface area contributed by atoms with Crippen LogP contribution in [0.2, 0.25) is 0 Å². The second kappa shape index (κ2) is 9.34. The Bertz CT molecular complexity index is 1560. The Kier molecular flexibility index (Phi) is 5.65. The van der Waals surface area contributed by atoms with Crippen LogP contribution in [0.15, 0.2) is 83.6 Å². The second-order valence-electron chi connectivity index (χ2n) is 10.8. The molecule has 2 fully saturated rings. The number of aromatic amines is 1. The zero-order chi connectivity index (χ0) is 26.5. The summed E-state index contributed by atoms with van der Waals surface area (Å²) >= 11 is 0. The highest BCUT2D eigenvalue weighted by atomic mass is 15.3. The number of nitrogens with two attached hydrogens (primary N) is 2. The highest BCUT2D eigenvalue weighted by Gasteiger charge is 2.46. The Morgan fingerprint density at radius 3 is 2.38 bits per heavy atom. The maximum absolute atomic E-state index is 6.41. The number of pyridine rings is 1. The highest BCUT2D eigenvalue weighted by molar-refractivity contribution is 6.09. The first-order valence-electron chi connectivity index (χ1n) is 13.6. The monoisotopic (exact) mass is 517 g/mol. The van der Waals surface area contributed by atoms with E-state index in [1.807, 2.05) is 36.7 Å². The van der Waals surface area contributed by atoms with E-state index in [9.17, 15) is 0 Å². The normalized spacial score (nSPS) is 24.3. The molecule has 39 heavy (non-hydrogen) atoms. The Hall–Kier alpha value is -4.53. The average molecular weight is 518 g/mol. The van der Waals surface area contributed by atoms with Crippen molar-refractivity contribution in [3.8, 4) is 22.4 Å². The van der Waals surface area contributed by atoms with Gasteiger partial charge in [-0.05, 0) is 31.7 Å². The summed E-state index contributed by atoms with van der Waals surface area (Å²) in [6, 6.07) is 15.0. The van der Waals surface area contributed by atoms with Crippen molar-refractivity contribution in [1.29, 1.82) is 0 Å². The van der Waals surface area contributed by atoms with Gasteiger partial charge in [0, 0.05) is 58.1 Å². The number of allylic oxidation sites excluding steroid dienone is 2. The van der Waals surface area contributed by atoms with Crippen molar-refractivity contribution in [3.63, 3.8) is 0 Å². The Morgan fingerprint density at radius 1 is 0.949 bits per heavy atom. The molecule has 9 heteroatoms. The van der Waals surface area contributed by atoms with E-state index in [1.165, 1.54) is 5.57 Å². The number of nitrogen functional groups attached to an aromatic ring is 1. The molecule has 196 valence electrons. The molecule has 3 atom stereocenters. The molecule has 0 spiro atoms. The molecule has 4 aromatic rings. The standard InChI is InChI=1S/C30H31N9/c1-17-26(27(17)32)28(20-11-21-8-9-22(12-20)39(21)30-24(31)15-33-16-35-30)37-29-23(14-36-38-29)19-7-10-25(34-13-19)18-5-3-2-4-6-18/h2-7,10,13-17,20-22H,8-9,11-12,31-32H2,1H3,(H,36,38)/b37-28-. The van der Waals surface area contributed by atoms with Crippen molar-refractivity contribution in [2.75, 3.05) is 10.6 Å². The molecule has 7 rings (SSSR count). The molecule has 0 radical (unpaired) electrons. The number of hydrogen-bond acceptors (Lipinski definition) is 8. The van der Waals surface area contributed by atoms with E-state index in [0.717, 1.165) is 71.1 Å². The van der Waals surface area contributed by atoms with Gasteiger partial charge in [-0.25, -0.2) is 15.0 Å². The average Bonchev–Trinajstić information content (AvgIpc) is 3.25. The van der Waals surface area contributed by atoms with Crippen LogP contribution in [0.25, 0.3) is 22.4 Å². The number of anilines is 2. The maximum atomic E-state index is 6.41. The van der Waals surface area contributed by atoms with Crippen molar-refractivity contribution >= 4 is 23.0 Å². The number of hydrogen-bond donors (Lipinski definition) is 3. The molecule has 3 aromatic heterocycles. The summed E-state index contributed by atoms with van der Waals surface area (Å²) in [7, 11) is 0. The van der Waals surface area contributed by atoms with Gasteiger partial charge in [0.05, 0.1) is 29.5 Å². The molecule has 1 aliphatic carbocycles. The van der Waals surface area contributed by atoms with Gasteiger partial charge < -0.3 is 16.4 Å². The highest BCUT2D eigenvalue weighted by Crippen LogP contribution is 2.47. The maximum Gasteiger partial charge on any atom is 0.156 e. The van der Waals surface area contributed by atoms with Crippen LogP contribution in [0.4, 0.5) is 17.3 Å². The molecule has 0 saturated carbocycles. The summed E-state index contributed by atoms with van der Waals surface area (Å²) < 4.78 is 0. The van der Waals surface area contributed by atoms with E-state index in [0.29, 0.717) is 23.7 Å². The number of H-pyrrole nitrogens is 1. The first-order valence-corrected chi connectivity index (χ1v) is 13.6. The van der Waals surface area contributed by atoms with Crippen LogP contribution in [0.3, 0.4) is 0 Å². The number of nitrogens with one attached hydrogen (secondary N) is 1. The summed E-state index contributed by atoms with van der Waals surface area (Å²) in [6.07, 6.45) is 11.2. The van der Waals surface area contributed by atoms with Crippen LogP contribution in [0.5, 0.6) is 0 Å². The third-order valence-corrected chi connectivity index (χ3v) is 8.48. The second-order valence-corrected chi connectivity index (χ2v) is 10.8. The summed E-state index contributed by atoms with van der Waals surface area (Å²) in [6.45, 7) is 2.16. The smallest absolute Gasteiger partial charge is 0.156 e. The Balaban J connectivity index is 1.20. The van der Waals surface area contributed by atoms with Crippen molar-refractivity contribution in [3.05, 3.63) is 78.7 Å². The molecule has 1 aromatic carbocycles. The molecule has 5 heterocycles. The molecule has 3 aliphatic rings. The molecular weight excluding hydrogens is 486 g/mol. The van der Waals surface area contributed by atoms with Gasteiger partial charge in [-0.3, -0.25) is 10.1 Å². The van der Waals surface area contributed by atoms with E-state index in [2.05, 4.69) is 50.2 Å². The van der Waals surface area contributed by atoms with E-state index in [1.54, 1.807) is 12.5 Å². The van der Waals surface area contributed by atoms with E-state index >= 15 is 0 Å². The van der Waals surface area contributed by atoms with Gasteiger partial charge in [-0.15, -0.1) is 0 Å². The van der Waals surface area contributed by atoms with Gasteiger partial charge in [-0.1, -0.05) is 43.3 Å². The summed E-state index contributed by atoms with van der Waals surface area (Å²) in [5.74, 6) is 2.16. The Labute approximate surface area is 227 Å². The minimum absolute atomic E-state index is 0.259. The van der Waals surface area contributed by atoms with Crippen LogP contribution in [-0.2, 0) is 0 Å². The molecular formula is C30H31N9. The third-order valence-electron chi connectivity index (χ3n) is 8.48. The van der Waals surface area contributed by atoms with Crippen LogP contribution in [-0.4, -0.2) is 42.9 Å². The van der Waals surface area contributed by atoms with Crippen molar-refractivity contribution in [1.82, 2.24) is 25.1 Å². The topological polar surface area (TPSA) is 135 Å². The molecule has 2 bridgehead atoms. The molecule has 3 unspecified atom stereocenters. The van der Waals surface area contributed by atoms with Crippen LogP contribution in [0.1, 0.15) is 32.6 Å². The predicted octanol–water partition coefficient (Wildman–Crippen LogP) is 4.89. The molecule has 0 amide bonds. The number of nitrogens with zero attached hydrogens (tertiary/aromatic N) is 6. The number of fused-ring (bicyclic) bond motifs is 2. The summed E-state index contributed by atoms with van der Waals surface area (Å²) in [5.41, 5.74) is 20.5. The fourth-order valence-corrected chi connectivity index (χ4v) is 6.42. The zero-order valence-corrected chi connectivity index (χ0v) is 21.8. The van der Waals surface area contributed by atoms with Gasteiger partial charge in [0.2, 0.25) is 0 Å². The van der Waals surface area contributed by atoms with Gasteiger partial charge in [-0.2, -0.15) is 5.10 Å². The number of benzene rings is 1. The largest absolute Gasteiger partial charge is 0.401 e. The zero-order valence-electron chi connectivity index (χ0n) is 21.8. The van der Waals surface area contributed by atoms with Crippen molar-refractivity contribution in [2.45, 2.75) is 44.7 Å². The van der Waals surface area contributed by atoms with E-state index in [-0.39, 0.29) is 5.92 Å². The quantitative estimate of drug-likeness (QED) is 0.310. The number of rotatable bonds is 6. The van der Waals surface area contributed by atoms with Crippen LogP contribution < -0.4 is 16.4 Å². The van der Waals surface area contributed by atoms with E-state index in [4.69, 9.17) is 21.4 Å². The lowest BCUT2D eigenvalue weighted by atomic mass is 9.85. The van der Waals surface area contributed by atoms with Crippen molar-refractivity contribution in [2.24, 2.45) is 22.6 Å². The lowest BCUT2D eigenvalue weighted by Gasteiger charge is -2.40.